The second-order valence-electron chi connectivity index (χ2n) is 7.56. The fourth-order valence-corrected chi connectivity index (χ4v) is 3.74. The number of nitrogens with zero attached hydrogens (tertiary/aromatic N) is 5. The molecule has 0 atom stereocenters. The number of nitrogens with one attached hydrogen (secondary N) is 1. The summed E-state index contributed by atoms with van der Waals surface area (Å²) in [7, 11) is 1.35. The van der Waals surface area contributed by atoms with Crippen LogP contribution in [0.15, 0.2) is 96.1 Å². The highest BCUT2D eigenvalue weighted by atomic mass is 32.1. The van der Waals surface area contributed by atoms with Gasteiger partial charge in [0.2, 0.25) is 4.77 Å². The minimum atomic E-state index is -0.394. The number of esters is 1. The van der Waals surface area contributed by atoms with E-state index in [-0.39, 0.29) is 0 Å². The van der Waals surface area contributed by atoms with Crippen LogP contribution in [0.4, 0.5) is 0 Å². The fourth-order valence-electron chi connectivity index (χ4n) is 3.57. The van der Waals surface area contributed by atoms with Gasteiger partial charge >= 0.3 is 5.97 Å². The monoisotopic (exact) mass is 480 g/mol. The number of benzene rings is 3. The van der Waals surface area contributed by atoms with Crippen LogP contribution >= 0.6 is 12.2 Å². The quantitative estimate of drug-likeness (QED) is 0.207. The molecule has 0 aliphatic rings. The van der Waals surface area contributed by atoms with Crippen molar-refractivity contribution in [1.82, 2.24) is 24.7 Å². The number of ether oxygens (including phenoxy) is 1. The molecule has 5 aromatic rings. The van der Waals surface area contributed by atoms with E-state index >= 15 is 0 Å². The number of carbonyl (C=O) groups is 1. The molecule has 8 nitrogen and oxygen atoms in total. The lowest BCUT2D eigenvalue weighted by Gasteiger charge is -2.06. The van der Waals surface area contributed by atoms with Gasteiger partial charge in [-0.2, -0.15) is 19.6 Å². The number of aromatic amines is 1. The number of aromatic nitrogens is 5. The smallest absolute Gasteiger partial charge is 0.337 e. The number of carbonyl (C=O) groups excluding carboxylic acids is 1. The third-order valence-corrected chi connectivity index (χ3v) is 5.59. The molecule has 2 heterocycles. The van der Waals surface area contributed by atoms with Gasteiger partial charge in [-0.15, -0.1) is 5.10 Å². The van der Waals surface area contributed by atoms with Crippen LogP contribution in [-0.4, -0.2) is 43.9 Å². The Hall–Kier alpha value is -4.63. The Morgan fingerprint density at radius 2 is 1.63 bits per heavy atom. The molecule has 0 spiro atoms. The first-order valence-electron chi connectivity index (χ1n) is 10.8. The van der Waals surface area contributed by atoms with Crippen LogP contribution in [0.5, 0.6) is 0 Å². The lowest BCUT2D eigenvalue weighted by atomic mass is 10.1. The first kappa shape index (κ1) is 22.2. The third kappa shape index (κ3) is 4.57. The zero-order valence-corrected chi connectivity index (χ0v) is 19.5. The summed E-state index contributed by atoms with van der Waals surface area (Å²) >= 11 is 5.45. The first-order chi connectivity index (χ1) is 17.1. The van der Waals surface area contributed by atoms with E-state index < -0.39 is 5.97 Å². The highest BCUT2D eigenvalue weighted by molar-refractivity contribution is 7.71. The van der Waals surface area contributed by atoms with Crippen molar-refractivity contribution >= 4 is 24.4 Å². The summed E-state index contributed by atoms with van der Waals surface area (Å²) in [6.07, 6.45) is 1.64. The number of methoxy groups -OCH3 is 1. The molecule has 0 unspecified atom stereocenters. The summed E-state index contributed by atoms with van der Waals surface area (Å²) in [5.41, 5.74) is 4.84. The molecule has 172 valence electrons. The van der Waals surface area contributed by atoms with Crippen LogP contribution in [-0.2, 0) is 4.74 Å². The average molecular weight is 481 g/mol. The van der Waals surface area contributed by atoms with E-state index in [2.05, 4.69) is 15.3 Å². The molecule has 35 heavy (non-hydrogen) atoms. The molecule has 5 rings (SSSR count). The highest BCUT2D eigenvalue weighted by Gasteiger charge is 2.17. The minimum Gasteiger partial charge on any atom is -0.465 e. The Labute approximate surface area is 206 Å². The topological polar surface area (TPSA) is 90.1 Å². The van der Waals surface area contributed by atoms with E-state index in [1.165, 1.54) is 11.8 Å². The Bertz CT molecular complexity index is 1550. The van der Waals surface area contributed by atoms with Crippen molar-refractivity contribution in [3.8, 4) is 28.5 Å². The van der Waals surface area contributed by atoms with Crippen LogP contribution in [0.25, 0.3) is 28.5 Å². The maximum atomic E-state index is 11.7. The van der Waals surface area contributed by atoms with Gasteiger partial charge in [0.1, 0.15) is 0 Å². The Kier molecular flexibility index (Phi) is 6.15. The molecule has 0 amide bonds. The van der Waals surface area contributed by atoms with E-state index in [9.17, 15) is 4.79 Å². The van der Waals surface area contributed by atoms with Crippen molar-refractivity contribution in [3.63, 3.8) is 0 Å². The zero-order chi connectivity index (χ0) is 24.2. The molecule has 0 fully saturated rings. The first-order valence-corrected chi connectivity index (χ1v) is 11.2. The molecule has 9 heteroatoms. The molecular weight excluding hydrogens is 460 g/mol. The molecule has 3 aromatic carbocycles. The van der Waals surface area contributed by atoms with Gasteiger partial charge in [0, 0.05) is 11.1 Å². The van der Waals surface area contributed by atoms with Gasteiger partial charge < -0.3 is 4.74 Å². The summed E-state index contributed by atoms with van der Waals surface area (Å²) in [6.45, 7) is 0. The highest BCUT2D eigenvalue weighted by Crippen LogP contribution is 2.28. The van der Waals surface area contributed by atoms with Crippen molar-refractivity contribution in [3.05, 3.63) is 107 Å². The summed E-state index contributed by atoms with van der Waals surface area (Å²) in [4.78, 5) is 11.7. The molecule has 0 aliphatic carbocycles. The van der Waals surface area contributed by atoms with E-state index in [1.54, 1.807) is 35.2 Å². The second-order valence-corrected chi connectivity index (χ2v) is 7.94. The number of hydrogen-bond acceptors (Lipinski definition) is 6. The van der Waals surface area contributed by atoms with Gasteiger partial charge in [-0.25, -0.2) is 9.89 Å². The van der Waals surface area contributed by atoms with E-state index in [1.807, 2.05) is 66.7 Å². The Morgan fingerprint density at radius 3 is 2.29 bits per heavy atom. The fraction of sp³-hybridized carbons (Fsp3) is 0.0385. The van der Waals surface area contributed by atoms with Crippen LogP contribution in [0.2, 0.25) is 0 Å². The van der Waals surface area contributed by atoms with Crippen LogP contribution in [0.1, 0.15) is 15.9 Å². The van der Waals surface area contributed by atoms with Gasteiger partial charge in [-0.3, -0.25) is 0 Å². The van der Waals surface area contributed by atoms with E-state index in [0.717, 1.165) is 28.1 Å². The molecule has 0 bridgehead atoms. The van der Waals surface area contributed by atoms with Gasteiger partial charge in [-0.1, -0.05) is 72.8 Å². The van der Waals surface area contributed by atoms with Gasteiger partial charge in [-0.05, 0) is 36.0 Å². The summed E-state index contributed by atoms with van der Waals surface area (Å²) < 4.78 is 8.30. The van der Waals surface area contributed by atoms with Crippen LogP contribution in [0.3, 0.4) is 0 Å². The summed E-state index contributed by atoms with van der Waals surface area (Å²) in [5.74, 6) is 0.0210. The molecule has 2 aromatic heterocycles. The number of rotatable bonds is 6. The summed E-state index contributed by atoms with van der Waals surface area (Å²) in [6, 6.07) is 28.8. The third-order valence-electron chi connectivity index (χ3n) is 5.33. The van der Waals surface area contributed by atoms with Crippen molar-refractivity contribution in [2.45, 2.75) is 0 Å². The number of H-pyrrole nitrogens is 1. The van der Waals surface area contributed by atoms with Crippen molar-refractivity contribution < 1.29 is 9.53 Å². The van der Waals surface area contributed by atoms with Gasteiger partial charge in [0.15, 0.2) is 0 Å². The largest absolute Gasteiger partial charge is 0.465 e. The van der Waals surface area contributed by atoms with Crippen molar-refractivity contribution in [1.29, 1.82) is 0 Å². The van der Waals surface area contributed by atoms with Crippen LogP contribution < -0.4 is 0 Å². The molecule has 1 N–H and O–H groups in total. The lowest BCUT2D eigenvalue weighted by Crippen LogP contribution is -2.07. The van der Waals surface area contributed by atoms with E-state index in [4.69, 9.17) is 22.1 Å². The van der Waals surface area contributed by atoms with Gasteiger partial charge in [0.25, 0.3) is 5.95 Å². The molecule has 0 saturated carbocycles. The SMILES string of the molecule is COC(=O)c1ccc(/C=N\n2c(-n3nc(-c4ccccc4)cc3-c3ccccc3)n[nH]c2=S)cc1. The van der Waals surface area contributed by atoms with Crippen LogP contribution in [0, 0.1) is 4.77 Å². The van der Waals surface area contributed by atoms with Gasteiger partial charge in [0.05, 0.1) is 30.3 Å². The minimum absolute atomic E-state index is 0.318. The maximum absolute atomic E-state index is 11.7. The lowest BCUT2D eigenvalue weighted by molar-refractivity contribution is 0.0600. The molecule has 0 radical (unpaired) electrons. The molecule has 0 saturated heterocycles. The van der Waals surface area contributed by atoms with Crippen molar-refractivity contribution in [2.24, 2.45) is 5.10 Å². The molecular formula is C26H20N6O2S. The average Bonchev–Trinajstić information content (AvgIpc) is 3.52. The maximum Gasteiger partial charge on any atom is 0.337 e. The number of hydrogen-bond donors (Lipinski definition) is 1. The second kappa shape index (κ2) is 9.70. The predicted octanol–water partition coefficient (Wildman–Crippen LogP) is 5.13. The summed E-state index contributed by atoms with van der Waals surface area (Å²) in [5, 5.41) is 16.6. The zero-order valence-electron chi connectivity index (χ0n) is 18.7. The Balaban J connectivity index is 1.57. The standard InChI is InChI=1S/C26H20N6O2S/c1-34-24(33)21-14-12-18(13-15-21)17-27-32-25(28-29-26(32)35)31-23(20-10-6-3-7-11-20)16-22(30-31)19-8-4-2-5-9-19/h2-17H,1H3,(H,29,35)/b27-17-. The molecule has 0 aliphatic heterocycles. The van der Waals surface area contributed by atoms with E-state index in [0.29, 0.717) is 16.3 Å². The van der Waals surface area contributed by atoms with Crippen molar-refractivity contribution in [2.75, 3.05) is 7.11 Å². The predicted molar refractivity (Wildman–Crippen MR) is 136 cm³/mol. The Morgan fingerprint density at radius 1 is 0.971 bits per heavy atom. The normalized spacial score (nSPS) is 11.1.